The summed E-state index contributed by atoms with van der Waals surface area (Å²) in [5, 5.41) is 11.7. The highest BCUT2D eigenvalue weighted by molar-refractivity contribution is 7.92. The van der Waals surface area contributed by atoms with Gasteiger partial charge in [-0.25, -0.2) is 14.8 Å². The van der Waals surface area contributed by atoms with Crippen molar-refractivity contribution in [2.45, 2.75) is 62.1 Å². The number of cyclic esters (lactones) is 1. The Hall–Kier alpha value is -5.02. The van der Waals surface area contributed by atoms with Crippen LogP contribution in [0.1, 0.15) is 48.8 Å². The molecule has 0 saturated carbocycles. The van der Waals surface area contributed by atoms with Crippen molar-refractivity contribution in [2.75, 3.05) is 4.72 Å². The standard InChI is InChI=1S/C38H37N3O5S/c42-35-26-38(23-21-28-11-3-1-4-12-28,24-22-29-13-5-2-6-14-29)46-36(43)33(35)19-10-16-30-15-9-18-32(25-30)41-47(44,45)37-39-27-31-17-7-8-20-34(31)40-37/h1-9,11-15,17-18,20,25,27,41-42H,10,16,19,21-24,26H2. The van der Waals surface area contributed by atoms with Crippen LogP contribution in [0.5, 0.6) is 0 Å². The van der Waals surface area contributed by atoms with Gasteiger partial charge in [-0.05, 0) is 79.8 Å². The van der Waals surface area contributed by atoms with Gasteiger partial charge in [0.15, 0.2) is 0 Å². The second kappa shape index (κ2) is 14.2. The van der Waals surface area contributed by atoms with Crippen LogP contribution in [0, 0.1) is 0 Å². The fraction of sp³-hybridized carbons (Fsp3) is 0.237. The highest BCUT2D eigenvalue weighted by atomic mass is 32.2. The monoisotopic (exact) mass is 647 g/mol. The smallest absolute Gasteiger partial charge is 0.337 e. The summed E-state index contributed by atoms with van der Waals surface area (Å²) >= 11 is 0. The molecule has 0 amide bonds. The van der Waals surface area contributed by atoms with Crippen molar-refractivity contribution in [2.24, 2.45) is 0 Å². The van der Waals surface area contributed by atoms with E-state index in [9.17, 15) is 18.3 Å². The molecule has 240 valence electrons. The molecule has 2 heterocycles. The molecule has 0 saturated heterocycles. The molecule has 1 aromatic heterocycles. The van der Waals surface area contributed by atoms with Crippen LogP contribution in [0.3, 0.4) is 0 Å². The van der Waals surface area contributed by atoms with Crippen LogP contribution >= 0.6 is 0 Å². The van der Waals surface area contributed by atoms with E-state index in [1.165, 1.54) is 6.20 Å². The van der Waals surface area contributed by atoms with Crippen molar-refractivity contribution < 1.29 is 23.1 Å². The molecule has 2 N–H and O–H groups in total. The van der Waals surface area contributed by atoms with Gasteiger partial charge in [-0.1, -0.05) is 91.0 Å². The van der Waals surface area contributed by atoms with Gasteiger partial charge in [0.1, 0.15) is 11.4 Å². The molecule has 0 spiro atoms. The molecule has 0 fully saturated rings. The van der Waals surface area contributed by atoms with Gasteiger partial charge in [-0.3, -0.25) is 4.72 Å². The quantitative estimate of drug-likeness (QED) is 0.100. The second-order valence-corrected chi connectivity index (χ2v) is 13.6. The summed E-state index contributed by atoms with van der Waals surface area (Å²) in [4.78, 5) is 21.6. The third kappa shape index (κ3) is 8.04. The first-order valence-corrected chi connectivity index (χ1v) is 17.3. The number of aromatic nitrogens is 2. The summed E-state index contributed by atoms with van der Waals surface area (Å²) in [7, 11) is -4.00. The van der Waals surface area contributed by atoms with Gasteiger partial charge in [0.05, 0.1) is 11.1 Å². The number of sulfonamides is 1. The number of hydrogen-bond donors (Lipinski definition) is 2. The fourth-order valence-corrected chi connectivity index (χ4v) is 6.99. The van der Waals surface area contributed by atoms with Crippen molar-refractivity contribution in [3.63, 3.8) is 0 Å². The SMILES string of the molecule is O=C1OC(CCc2ccccc2)(CCc2ccccc2)CC(O)=C1CCCc1cccc(NS(=O)(=O)c2ncc3ccccc3n2)c1. The molecule has 1 aliphatic rings. The van der Waals surface area contributed by atoms with Crippen LogP contribution in [0.15, 0.2) is 132 Å². The number of nitrogens with zero attached hydrogens (tertiary/aromatic N) is 2. The van der Waals surface area contributed by atoms with Crippen molar-refractivity contribution in [3.8, 4) is 0 Å². The summed E-state index contributed by atoms with van der Waals surface area (Å²) in [6.45, 7) is 0. The number of benzene rings is 4. The third-order valence-corrected chi connectivity index (χ3v) is 9.78. The molecule has 47 heavy (non-hydrogen) atoms. The van der Waals surface area contributed by atoms with Gasteiger partial charge in [0, 0.05) is 23.7 Å². The van der Waals surface area contributed by atoms with E-state index in [2.05, 4.69) is 39.0 Å². The van der Waals surface area contributed by atoms with Crippen molar-refractivity contribution in [1.82, 2.24) is 9.97 Å². The Morgan fingerprint density at radius 2 is 1.40 bits per heavy atom. The molecular weight excluding hydrogens is 611 g/mol. The summed E-state index contributed by atoms with van der Waals surface area (Å²) in [6, 6.07) is 34.5. The van der Waals surface area contributed by atoms with Crippen molar-refractivity contribution >= 4 is 32.6 Å². The lowest BCUT2D eigenvalue weighted by Gasteiger charge is -2.37. The molecule has 6 rings (SSSR count). The third-order valence-electron chi connectivity index (χ3n) is 8.60. The number of rotatable bonds is 13. The average Bonchev–Trinajstić information content (AvgIpc) is 3.08. The predicted octanol–water partition coefficient (Wildman–Crippen LogP) is 7.52. The van der Waals surface area contributed by atoms with Crippen molar-refractivity contribution in [1.29, 1.82) is 0 Å². The van der Waals surface area contributed by atoms with E-state index >= 15 is 0 Å². The molecule has 0 bridgehead atoms. The minimum absolute atomic E-state index is 0.0965. The number of aryl methyl sites for hydroxylation is 3. The minimum Gasteiger partial charge on any atom is -0.512 e. The molecule has 0 aliphatic carbocycles. The largest absolute Gasteiger partial charge is 0.512 e. The van der Waals surface area contributed by atoms with Gasteiger partial charge in [-0.15, -0.1) is 0 Å². The van der Waals surface area contributed by atoms with Crippen LogP contribution in [0.2, 0.25) is 0 Å². The minimum atomic E-state index is -4.00. The maximum absolute atomic E-state index is 13.4. The van der Waals surface area contributed by atoms with E-state index in [0.717, 1.165) is 34.9 Å². The Morgan fingerprint density at radius 3 is 2.09 bits per heavy atom. The molecule has 5 aromatic rings. The number of anilines is 1. The first-order valence-electron chi connectivity index (χ1n) is 15.8. The molecule has 1 aliphatic heterocycles. The molecule has 0 radical (unpaired) electrons. The number of para-hydroxylation sites is 1. The van der Waals surface area contributed by atoms with Crippen LogP contribution in [-0.4, -0.2) is 35.1 Å². The van der Waals surface area contributed by atoms with E-state index in [4.69, 9.17) is 4.74 Å². The number of aliphatic hydroxyl groups excluding tert-OH is 1. The van der Waals surface area contributed by atoms with Crippen LogP contribution in [0.25, 0.3) is 10.9 Å². The molecule has 9 heteroatoms. The summed E-state index contributed by atoms with van der Waals surface area (Å²) in [5.41, 5.74) is 3.65. The zero-order chi connectivity index (χ0) is 32.7. The predicted molar refractivity (Wildman–Crippen MR) is 182 cm³/mol. The van der Waals surface area contributed by atoms with E-state index in [-0.39, 0.29) is 17.3 Å². The average molecular weight is 648 g/mol. The molecule has 0 unspecified atom stereocenters. The lowest BCUT2D eigenvalue weighted by Crippen LogP contribution is -2.41. The maximum Gasteiger partial charge on any atom is 0.337 e. The van der Waals surface area contributed by atoms with E-state index in [0.29, 0.717) is 48.9 Å². The highest BCUT2D eigenvalue weighted by Gasteiger charge is 2.41. The number of carbonyl (C=O) groups is 1. The zero-order valence-corrected chi connectivity index (χ0v) is 26.8. The van der Waals surface area contributed by atoms with Gasteiger partial charge in [0.2, 0.25) is 0 Å². The number of hydrogen-bond acceptors (Lipinski definition) is 7. The topological polar surface area (TPSA) is 118 Å². The maximum atomic E-state index is 13.4. The Kier molecular flexibility index (Phi) is 9.63. The van der Waals surface area contributed by atoms with Gasteiger partial charge in [0.25, 0.3) is 15.2 Å². The molecular formula is C38H37N3O5S. The van der Waals surface area contributed by atoms with Gasteiger partial charge >= 0.3 is 5.97 Å². The Labute approximate surface area is 275 Å². The lowest BCUT2D eigenvalue weighted by molar-refractivity contribution is -0.160. The number of aliphatic hydroxyl groups is 1. The van der Waals surface area contributed by atoms with Crippen LogP contribution < -0.4 is 4.72 Å². The first-order chi connectivity index (χ1) is 22.8. The molecule has 0 atom stereocenters. The normalized spacial score (nSPS) is 14.6. The van der Waals surface area contributed by atoms with E-state index in [1.807, 2.05) is 54.6 Å². The number of esters is 1. The van der Waals surface area contributed by atoms with E-state index < -0.39 is 21.6 Å². The summed E-state index contributed by atoms with van der Waals surface area (Å²) < 4.78 is 34.8. The van der Waals surface area contributed by atoms with Crippen LogP contribution in [-0.2, 0) is 38.8 Å². The summed E-state index contributed by atoms with van der Waals surface area (Å²) in [5.74, 6) is -0.369. The number of nitrogens with one attached hydrogen (secondary N) is 1. The zero-order valence-electron chi connectivity index (χ0n) is 26.0. The van der Waals surface area contributed by atoms with Gasteiger partial charge in [-0.2, -0.15) is 8.42 Å². The van der Waals surface area contributed by atoms with Crippen molar-refractivity contribution in [3.05, 3.63) is 143 Å². The molecule has 4 aromatic carbocycles. The Morgan fingerprint density at radius 1 is 0.766 bits per heavy atom. The summed E-state index contributed by atoms with van der Waals surface area (Å²) in [6.07, 6.45) is 5.95. The Balaban J connectivity index is 1.10. The number of fused-ring (bicyclic) bond motifs is 1. The second-order valence-electron chi connectivity index (χ2n) is 12.0. The van der Waals surface area contributed by atoms with E-state index in [1.54, 1.807) is 30.3 Å². The molecule has 8 nitrogen and oxygen atoms in total. The lowest BCUT2D eigenvalue weighted by atomic mass is 9.82. The fourth-order valence-electron chi connectivity index (χ4n) is 6.05. The highest BCUT2D eigenvalue weighted by Crippen LogP contribution is 2.38. The van der Waals surface area contributed by atoms with Crippen LogP contribution in [0.4, 0.5) is 5.69 Å². The number of carbonyl (C=O) groups excluding carboxylic acids is 1. The number of ether oxygens (including phenoxy) is 1. The Bertz CT molecular complexity index is 1950. The first kappa shape index (κ1) is 31.9. The van der Waals surface area contributed by atoms with Gasteiger partial charge < -0.3 is 9.84 Å².